The Bertz CT molecular complexity index is 1250. The van der Waals surface area contributed by atoms with E-state index in [4.69, 9.17) is 9.47 Å². The molecular weight excluding hydrogens is 478 g/mol. The monoisotopic (exact) mass is 503 g/mol. The first-order chi connectivity index (χ1) is 16.4. The van der Waals surface area contributed by atoms with Crippen LogP contribution < -0.4 is 10.1 Å². The van der Waals surface area contributed by atoms with Gasteiger partial charge in [0.2, 0.25) is 15.9 Å². The van der Waals surface area contributed by atoms with Crippen LogP contribution in [0.15, 0.2) is 58.6 Å². The predicted octanol–water partition coefficient (Wildman–Crippen LogP) is 2.24. The van der Waals surface area contributed by atoms with Gasteiger partial charge in [-0.25, -0.2) is 8.42 Å². The van der Waals surface area contributed by atoms with Crippen molar-refractivity contribution in [3.63, 3.8) is 0 Å². The van der Waals surface area contributed by atoms with Gasteiger partial charge in [0.15, 0.2) is 11.0 Å². The molecule has 10 nitrogen and oxygen atoms in total. The van der Waals surface area contributed by atoms with Crippen molar-refractivity contribution in [3.05, 3.63) is 48.5 Å². The maximum Gasteiger partial charge on any atom is 0.243 e. The zero-order valence-corrected chi connectivity index (χ0v) is 20.4. The number of aromatic nitrogens is 3. The minimum Gasteiger partial charge on any atom is -0.497 e. The van der Waals surface area contributed by atoms with E-state index < -0.39 is 10.0 Å². The summed E-state index contributed by atoms with van der Waals surface area (Å²) in [5, 5.41) is 11.8. The van der Waals surface area contributed by atoms with Gasteiger partial charge in [-0.3, -0.25) is 4.79 Å². The fourth-order valence-electron chi connectivity index (χ4n) is 3.43. The second-order valence-corrected chi connectivity index (χ2v) is 10.4. The maximum absolute atomic E-state index is 12.9. The molecule has 0 unspecified atom stereocenters. The van der Waals surface area contributed by atoms with E-state index in [0.717, 1.165) is 11.3 Å². The summed E-state index contributed by atoms with van der Waals surface area (Å²) in [5.74, 6) is 1.24. The van der Waals surface area contributed by atoms with E-state index in [1.165, 1.54) is 28.2 Å². The molecule has 0 aliphatic carbocycles. The number of amides is 1. The highest BCUT2D eigenvalue weighted by atomic mass is 32.2. The lowest BCUT2D eigenvalue weighted by Crippen LogP contribution is -2.40. The third kappa shape index (κ3) is 5.41. The van der Waals surface area contributed by atoms with Crippen LogP contribution in [0.1, 0.15) is 0 Å². The van der Waals surface area contributed by atoms with Crippen LogP contribution >= 0.6 is 11.8 Å². The Kier molecular flexibility index (Phi) is 7.51. The Morgan fingerprint density at radius 3 is 2.59 bits per heavy atom. The van der Waals surface area contributed by atoms with E-state index in [1.54, 1.807) is 19.2 Å². The summed E-state index contributed by atoms with van der Waals surface area (Å²) in [5.41, 5.74) is 1.29. The van der Waals surface area contributed by atoms with Crippen LogP contribution in [-0.2, 0) is 26.6 Å². The van der Waals surface area contributed by atoms with Crippen LogP contribution in [0, 0.1) is 0 Å². The summed E-state index contributed by atoms with van der Waals surface area (Å²) in [6, 6.07) is 13.7. The number of nitrogens with zero attached hydrogens (tertiary/aromatic N) is 4. The summed E-state index contributed by atoms with van der Waals surface area (Å²) < 4.78 is 39.3. The van der Waals surface area contributed by atoms with Crippen LogP contribution in [0.3, 0.4) is 0 Å². The fraction of sp³-hybridized carbons (Fsp3) is 0.318. The molecule has 34 heavy (non-hydrogen) atoms. The van der Waals surface area contributed by atoms with Gasteiger partial charge in [0.25, 0.3) is 0 Å². The molecule has 0 spiro atoms. The molecule has 0 radical (unpaired) electrons. The Morgan fingerprint density at radius 2 is 1.88 bits per heavy atom. The first kappa shape index (κ1) is 24.2. The van der Waals surface area contributed by atoms with Crippen molar-refractivity contribution in [2.24, 2.45) is 7.05 Å². The van der Waals surface area contributed by atoms with E-state index in [-0.39, 0.29) is 16.6 Å². The van der Waals surface area contributed by atoms with Gasteiger partial charge in [-0.15, -0.1) is 10.2 Å². The maximum atomic E-state index is 12.9. The molecule has 4 rings (SSSR count). The Morgan fingerprint density at radius 1 is 1.15 bits per heavy atom. The molecule has 1 saturated heterocycles. The molecule has 180 valence electrons. The second kappa shape index (κ2) is 10.6. The molecule has 1 amide bonds. The van der Waals surface area contributed by atoms with Crippen molar-refractivity contribution in [2.45, 2.75) is 10.1 Å². The molecular formula is C22H25N5O5S2. The largest absolute Gasteiger partial charge is 0.497 e. The molecule has 3 aromatic rings. The van der Waals surface area contributed by atoms with E-state index in [2.05, 4.69) is 15.5 Å². The smallest absolute Gasteiger partial charge is 0.243 e. The highest BCUT2D eigenvalue weighted by Gasteiger charge is 2.26. The van der Waals surface area contributed by atoms with Gasteiger partial charge in [0, 0.05) is 31.4 Å². The number of hydrogen-bond acceptors (Lipinski definition) is 8. The fourth-order valence-corrected chi connectivity index (χ4v) is 5.59. The lowest BCUT2D eigenvalue weighted by molar-refractivity contribution is -0.113. The quantitative estimate of drug-likeness (QED) is 0.466. The van der Waals surface area contributed by atoms with E-state index in [9.17, 15) is 13.2 Å². The Hall–Kier alpha value is -2.93. The van der Waals surface area contributed by atoms with Gasteiger partial charge in [-0.05, 0) is 42.5 Å². The summed E-state index contributed by atoms with van der Waals surface area (Å²) in [7, 11) is -0.201. The number of morpholine rings is 1. The summed E-state index contributed by atoms with van der Waals surface area (Å²) >= 11 is 1.24. The van der Waals surface area contributed by atoms with Gasteiger partial charge in [0.05, 0.1) is 31.0 Å². The summed E-state index contributed by atoms with van der Waals surface area (Å²) in [6.07, 6.45) is 0. The number of nitrogens with one attached hydrogen (secondary N) is 1. The number of carbonyl (C=O) groups excluding carboxylic acids is 1. The number of sulfonamides is 1. The number of anilines is 1. The molecule has 1 N–H and O–H groups in total. The number of carbonyl (C=O) groups is 1. The molecule has 1 aliphatic rings. The van der Waals surface area contributed by atoms with Gasteiger partial charge in [0.1, 0.15) is 5.75 Å². The standard InChI is InChI=1S/C22H25N5O5S2/c1-26-21(16-6-8-18(31-2)9-7-16)24-25-22(26)33-15-20(28)23-17-4-3-5-19(14-17)34(29,30)27-10-12-32-13-11-27/h3-9,14H,10-13,15H2,1-2H3,(H,23,28). The van der Waals surface area contributed by atoms with E-state index in [1.807, 2.05) is 35.9 Å². The van der Waals surface area contributed by atoms with E-state index in [0.29, 0.717) is 43.0 Å². The first-order valence-electron chi connectivity index (χ1n) is 10.5. The van der Waals surface area contributed by atoms with Crippen molar-refractivity contribution < 1.29 is 22.7 Å². The van der Waals surface area contributed by atoms with Crippen molar-refractivity contribution in [2.75, 3.05) is 44.5 Å². The van der Waals surface area contributed by atoms with Gasteiger partial charge < -0.3 is 19.4 Å². The van der Waals surface area contributed by atoms with Crippen LogP contribution in [0.2, 0.25) is 0 Å². The minimum atomic E-state index is -3.64. The number of thioether (sulfide) groups is 1. The minimum absolute atomic E-state index is 0.0923. The van der Waals surface area contributed by atoms with Gasteiger partial charge >= 0.3 is 0 Å². The molecule has 12 heteroatoms. The summed E-state index contributed by atoms with van der Waals surface area (Å²) in [6.45, 7) is 1.36. The average molecular weight is 504 g/mol. The predicted molar refractivity (Wildman–Crippen MR) is 128 cm³/mol. The summed E-state index contributed by atoms with van der Waals surface area (Å²) in [4.78, 5) is 12.7. The van der Waals surface area contributed by atoms with Crippen molar-refractivity contribution in [3.8, 4) is 17.1 Å². The third-order valence-electron chi connectivity index (χ3n) is 5.24. The topological polar surface area (TPSA) is 116 Å². The SMILES string of the molecule is COc1ccc(-c2nnc(SCC(=O)Nc3cccc(S(=O)(=O)N4CCOCC4)c3)n2C)cc1. The lowest BCUT2D eigenvalue weighted by Gasteiger charge is -2.26. The van der Waals surface area contributed by atoms with Crippen molar-refractivity contribution in [1.82, 2.24) is 19.1 Å². The zero-order valence-electron chi connectivity index (χ0n) is 18.8. The Balaban J connectivity index is 1.38. The highest BCUT2D eigenvalue weighted by molar-refractivity contribution is 7.99. The van der Waals surface area contributed by atoms with Crippen molar-refractivity contribution in [1.29, 1.82) is 0 Å². The number of ether oxygens (including phenoxy) is 2. The molecule has 1 fully saturated rings. The second-order valence-electron chi connectivity index (χ2n) is 7.47. The lowest BCUT2D eigenvalue weighted by atomic mass is 10.2. The number of benzene rings is 2. The molecule has 2 aromatic carbocycles. The number of hydrogen-bond donors (Lipinski definition) is 1. The molecule has 2 heterocycles. The molecule has 0 saturated carbocycles. The average Bonchev–Trinajstić information content (AvgIpc) is 3.23. The normalized spacial score (nSPS) is 14.6. The highest BCUT2D eigenvalue weighted by Crippen LogP contribution is 2.25. The molecule has 1 aliphatic heterocycles. The zero-order chi connectivity index (χ0) is 24.1. The number of methoxy groups -OCH3 is 1. The number of rotatable bonds is 8. The van der Waals surface area contributed by atoms with Gasteiger partial charge in [-0.1, -0.05) is 17.8 Å². The van der Waals surface area contributed by atoms with Crippen LogP contribution in [0.4, 0.5) is 5.69 Å². The molecule has 0 bridgehead atoms. The molecule has 1 aromatic heterocycles. The van der Waals surface area contributed by atoms with Crippen LogP contribution in [0.5, 0.6) is 5.75 Å². The third-order valence-corrected chi connectivity index (χ3v) is 8.16. The first-order valence-corrected chi connectivity index (χ1v) is 13.0. The Labute approximate surface area is 202 Å². The molecule has 0 atom stereocenters. The van der Waals surface area contributed by atoms with Crippen molar-refractivity contribution >= 4 is 33.4 Å². The van der Waals surface area contributed by atoms with E-state index >= 15 is 0 Å². The van der Waals surface area contributed by atoms with Crippen LogP contribution in [-0.4, -0.2) is 72.6 Å². The van der Waals surface area contributed by atoms with Gasteiger partial charge in [-0.2, -0.15) is 4.31 Å². The van der Waals surface area contributed by atoms with Crippen LogP contribution in [0.25, 0.3) is 11.4 Å².